The molecule has 0 unspecified atom stereocenters. The molecule has 0 spiro atoms. The maximum absolute atomic E-state index is 12.5. The second kappa shape index (κ2) is 7.88. The van der Waals surface area contributed by atoms with Crippen LogP contribution in [0.15, 0.2) is 82.9 Å². The quantitative estimate of drug-likeness (QED) is 0.500. The summed E-state index contributed by atoms with van der Waals surface area (Å²) in [4.78, 5) is 17.4. The maximum atomic E-state index is 12.5. The van der Waals surface area contributed by atoms with Gasteiger partial charge < -0.3 is 14.5 Å². The summed E-state index contributed by atoms with van der Waals surface area (Å²) in [5, 5.41) is 4.76. The fourth-order valence-electron chi connectivity index (χ4n) is 2.56. The molecule has 5 nitrogen and oxygen atoms in total. The highest BCUT2D eigenvalue weighted by molar-refractivity contribution is 7.13. The molecule has 1 amide bonds. The van der Waals surface area contributed by atoms with Crippen LogP contribution >= 0.6 is 11.3 Å². The summed E-state index contributed by atoms with van der Waals surface area (Å²) in [5.41, 5.74) is 2.02. The van der Waals surface area contributed by atoms with Crippen molar-refractivity contribution in [3.8, 4) is 16.4 Å². The lowest BCUT2D eigenvalue weighted by Crippen LogP contribution is -2.13. The topological polar surface area (TPSA) is 64.4 Å². The lowest BCUT2D eigenvalue weighted by molar-refractivity contribution is 0.102. The van der Waals surface area contributed by atoms with Gasteiger partial charge in [-0.1, -0.05) is 36.4 Å². The molecule has 0 aliphatic heterocycles. The molecule has 2 aromatic heterocycles. The molecule has 0 atom stereocenters. The number of amides is 1. The number of hydrogen-bond acceptors (Lipinski definition) is 5. The van der Waals surface area contributed by atoms with Crippen LogP contribution < -0.4 is 10.1 Å². The van der Waals surface area contributed by atoms with E-state index in [0.717, 1.165) is 16.2 Å². The molecule has 4 rings (SSSR count). The van der Waals surface area contributed by atoms with Gasteiger partial charge >= 0.3 is 0 Å². The smallest absolute Gasteiger partial charge is 0.278 e. The number of carbonyl (C=O) groups is 1. The first-order valence-corrected chi connectivity index (χ1v) is 9.23. The average molecular weight is 376 g/mol. The number of oxazole rings is 1. The average Bonchev–Trinajstić information content (AvgIpc) is 3.39. The summed E-state index contributed by atoms with van der Waals surface area (Å²) >= 11 is 1.49. The van der Waals surface area contributed by atoms with Crippen LogP contribution in [0.5, 0.6) is 5.75 Å². The number of benzene rings is 2. The number of aromatic nitrogens is 1. The Kier molecular flexibility index (Phi) is 4.98. The van der Waals surface area contributed by atoms with Gasteiger partial charge in [-0.05, 0) is 41.3 Å². The molecule has 0 fully saturated rings. The Balaban J connectivity index is 1.40. The fourth-order valence-corrected chi connectivity index (χ4v) is 3.27. The summed E-state index contributed by atoms with van der Waals surface area (Å²) < 4.78 is 11.1. The number of hydrogen-bond donors (Lipinski definition) is 1. The van der Waals surface area contributed by atoms with E-state index in [0.29, 0.717) is 18.1 Å². The number of rotatable bonds is 6. The van der Waals surface area contributed by atoms with Gasteiger partial charge in [-0.25, -0.2) is 4.98 Å². The summed E-state index contributed by atoms with van der Waals surface area (Å²) in [5.74, 6) is 0.896. The number of carbonyl (C=O) groups excluding carboxylic acids is 1. The number of thiophene rings is 1. The minimum absolute atomic E-state index is 0.266. The van der Waals surface area contributed by atoms with Crippen LogP contribution in [-0.2, 0) is 6.61 Å². The molecule has 0 aliphatic rings. The van der Waals surface area contributed by atoms with Crippen molar-refractivity contribution in [2.45, 2.75) is 6.61 Å². The Hall–Kier alpha value is -3.38. The molecule has 134 valence electrons. The van der Waals surface area contributed by atoms with E-state index in [2.05, 4.69) is 10.3 Å². The first-order chi connectivity index (χ1) is 13.3. The second-order valence-electron chi connectivity index (χ2n) is 5.76. The van der Waals surface area contributed by atoms with Gasteiger partial charge in [-0.2, -0.15) is 0 Å². The number of anilines is 1. The molecule has 0 aliphatic carbocycles. The molecule has 0 bridgehead atoms. The van der Waals surface area contributed by atoms with Crippen molar-refractivity contribution >= 4 is 22.9 Å². The third-order valence-electron chi connectivity index (χ3n) is 3.89. The largest absolute Gasteiger partial charge is 0.489 e. The van der Waals surface area contributed by atoms with E-state index in [9.17, 15) is 4.79 Å². The van der Waals surface area contributed by atoms with Gasteiger partial charge in [0.1, 0.15) is 12.4 Å². The van der Waals surface area contributed by atoms with Crippen LogP contribution in [0.3, 0.4) is 0 Å². The highest BCUT2D eigenvalue weighted by atomic mass is 32.1. The molecule has 2 aromatic carbocycles. The molecule has 4 aromatic rings. The predicted octanol–water partition coefficient (Wildman–Crippen LogP) is 5.23. The zero-order valence-corrected chi connectivity index (χ0v) is 15.1. The molecule has 1 N–H and O–H groups in total. The zero-order chi connectivity index (χ0) is 18.5. The van der Waals surface area contributed by atoms with E-state index in [1.807, 2.05) is 60.0 Å². The fraction of sp³-hybridized carbons (Fsp3) is 0.0476. The van der Waals surface area contributed by atoms with Gasteiger partial charge in [0, 0.05) is 5.69 Å². The Bertz CT molecular complexity index is 1010. The summed E-state index contributed by atoms with van der Waals surface area (Å²) in [7, 11) is 0. The van der Waals surface area contributed by atoms with Crippen molar-refractivity contribution in [2.75, 3.05) is 5.32 Å². The van der Waals surface area contributed by atoms with E-state index in [1.165, 1.54) is 17.7 Å². The van der Waals surface area contributed by atoms with Crippen LogP contribution in [-0.4, -0.2) is 10.9 Å². The molecule has 0 radical (unpaired) electrons. The van der Waals surface area contributed by atoms with Gasteiger partial charge in [-0.3, -0.25) is 4.79 Å². The van der Waals surface area contributed by atoms with E-state index >= 15 is 0 Å². The molecule has 0 saturated heterocycles. The molecule has 6 heteroatoms. The highest BCUT2D eigenvalue weighted by Gasteiger charge is 2.19. The maximum Gasteiger partial charge on any atom is 0.278 e. The first-order valence-electron chi connectivity index (χ1n) is 8.35. The van der Waals surface area contributed by atoms with Crippen LogP contribution in [0.25, 0.3) is 10.6 Å². The minimum atomic E-state index is -0.315. The minimum Gasteiger partial charge on any atom is -0.489 e. The van der Waals surface area contributed by atoms with E-state index in [-0.39, 0.29) is 11.6 Å². The zero-order valence-electron chi connectivity index (χ0n) is 14.3. The Labute approximate surface area is 160 Å². The Morgan fingerprint density at radius 2 is 1.85 bits per heavy atom. The lowest BCUT2D eigenvalue weighted by atomic mass is 10.2. The summed E-state index contributed by atoms with van der Waals surface area (Å²) in [6.07, 6.45) is 1.28. The van der Waals surface area contributed by atoms with Crippen molar-refractivity contribution in [1.82, 2.24) is 4.98 Å². The Morgan fingerprint density at radius 3 is 2.59 bits per heavy atom. The monoisotopic (exact) mass is 376 g/mol. The normalized spacial score (nSPS) is 10.5. The first kappa shape index (κ1) is 17.1. The van der Waals surface area contributed by atoms with Gasteiger partial charge in [-0.15, -0.1) is 11.3 Å². The van der Waals surface area contributed by atoms with Crippen LogP contribution in [0.2, 0.25) is 0 Å². The second-order valence-corrected chi connectivity index (χ2v) is 6.71. The SMILES string of the molecule is O=C(Nc1ccc(OCc2ccccc2)cc1)c1ncoc1-c1cccs1. The highest BCUT2D eigenvalue weighted by Crippen LogP contribution is 2.28. The van der Waals surface area contributed by atoms with Crippen molar-refractivity contribution < 1.29 is 13.9 Å². The molecular formula is C21H16N2O3S. The molecule has 0 saturated carbocycles. The number of nitrogens with zero attached hydrogens (tertiary/aromatic N) is 1. The van der Waals surface area contributed by atoms with Crippen molar-refractivity contribution in [2.24, 2.45) is 0 Å². The lowest BCUT2D eigenvalue weighted by Gasteiger charge is -2.08. The standard InChI is InChI=1S/C21H16N2O3S/c24-21(19-20(26-14-22-19)18-7-4-12-27-18)23-16-8-10-17(11-9-16)25-13-15-5-2-1-3-6-15/h1-12,14H,13H2,(H,23,24). The van der Waals surface area contributed by atoms with Gasteiger partial charge in [0.2, 0.25) is 0 Å². The summed E-state index contributed by atoms with van der Waals surface area (Å²) in [6, 6.07) is 21.0. The van der Waals surface area contributed by atoms with E-state index in [1.54, 1.807) is 12.1 Å². The molecule has 27 heavy (non-hydrogen) atoms. The summed E-state index contributed by atoms with van der Waals surface area (Å²) in [6.45, 7) is 0.496. The number of nitrogens with one attached hydrogen (secondary N) is 1. The predicted molar refractivity (Wildman–Crippen MR) is 105 cm³/mol. The number of ether oxygens (including phenoxy) is 1. The van der Waals surface area contributed by atoms with Crippen LogP contribution in [0.4, 0.5) is 5.69 Å². The van der Waals surface area contributed by atoms with Crippen LogP contribution in [0, 0.1) is 0 Å². The van der Waals surface area contributed by atoms with E-state index < -0.39 is 0 Å². The third kappa shape index (κ3) is 4.07. The van der Waals surface area contributed by atoms with Crippen molar-refractivity contribution in [3.05, 3.63) is 89.8 Å². The van der Waals surface area contributed by atoms with Crippen molar-refractivity contribution in [3.63, 3.8) is 0 Å². The Morgan fingerprint density at radius 1 is 1.04 bits per heavy atom. The van der Waals surface area contributed by atoms with Gasteiger partial charge in [0.15, 0.2) is 17.8 Å². The van der Waals surface area contributed by atoms with E-state index in [4.69, 9.17) is 9.15 Å². The molecule has 2 heterocycles. The van der Waals surface area contributed by atoms with Gasteiger partial charge in [0.05, 0.1) is 4.88 Å². The van der Waals surface area contributed by atoms with Crippen molar-refractivity contribution in [1.29, 1.82) is 0 Å². The van der Waals surface area contributed by atoms with Gasteiger partial charge in [0.25, 0.3) is 5.91 Å². The third-order valence-corrected chi connectivity index (χ3v) is 4.76. The van der Waals surface area contributed by atoms with Crippen LogP contribution in [0.1, 0.15) is 16.1 Å². The molecular weight excluding hydrogens is 360 g/mol.